The summed E-state index contributed by atoms with van der Waals surface area (Å²) in [5.74, 6) is 6.44. The molecule has 4 fully saturated rings. The molecule has 1 aromatic rings. The van der Waals surface area contributed by atoms with Crippen LogP contribution in [0.5, 0.6) is 0 Å². The summed E-state index contributed by atoms with van der Waals surface area (Å²) >= 11 is 0. The van der Waals surface area contributed by atoms with Gasteiger partial charge in [-0.05, 0) is 55.8 Å². The number of hydrogen-bond donors (Lipinski definition) is 1. The summed E-state index contributed by atoms with van der Waals surface area (Å²) in [6.07, 6.45) is 16.8. The first-order valence-electron chi connectivity index (χ1n) is 8.00. The van der Waals surface area contributed by atoms with Crippen LogP contribution in [0.15, 0.2) is 12.4 Å². The van der Waals surface area contributed by atoms with Gasteiger partial charge in [0.15, 0.2) is 0 Å². The fourth-order valence-electron chi connectivity index (χ4n) is 5.24. The molecule has 0 amide bonds. The van der Waals surface area contributed by atoms with E-state index in [9.17, 15) is 0 Å². The van der Waals surface area contributed by atoms with Crippen LogP contribution in [-0.2, 0) is 6.54 Å². The van der Waals surface area contributed by atoms with Crippen molar-refractivity contribution in [1.29, 1.82) is 0 Å². The molecule has 5 rings (SSSR count). The fraction of sp³-hybridized carbons (Fsp3) is 0.706. The number of nitrogens with zero attached hydrogens (tertiary/aromatic N) is 2. The van der Waals surface area contributed by atoms with E-state index in [-0.39, 0.29) is 0 Å². The molecule has 1 heterocycles. The molecule has 20 heavy (non-hydrogen) atoms. The van der Waals surface area contributed by atoms with Crippen LogP contribution < -0.4 is 5.32 Å². The van der Waals surface area contributed by atoms with Gasteiger partial charge in [-0.1, -0.05) is 5.92 Å². The summed E-state index contributed by atoms with van der Waals surface area (Å²) in [5.41, 5.74) is 1.26. The lowest BCUT2D eigenvalue weighted by Gasteiger charge is -2.54. The van der Waals surface area contributed by atoms with Gasteiger partial charge in [-0.25, -0.2) is 0 Å². The lowest BCUT2D eigenvalue weighted by atomic mass is 9.54. The highest BCUT2D eigenvalue weighted by Gasteiger charge is 2.49. The van der Waals surface area contributed by atoms with E-state index in [1.54, 1.807) is 0 Å². The van der Waals surface area contributed by atoms with E-state index in [1.807, 2.05) is 6.20 Å². The maximum atomic E-state index is 5.26. The summed E-state index contributed by atoms with van der Waals surface area (Å²) < 4.78 is 2.28. The SMILES string of the molecule is C#CCNCc1cnn(C2C3CC4CC(C3)CC2C4)c1. The lowest BCUT2D eigenvalue weighted by Crippen LogP contribution is -2.46. The van der Waals surface area contributed by atoms with Crippen molar-refractivity contribution >= 4 is 0 Å². The second kappa shape index (κ2) is 4.93. The molecule has 0 saturated heterocycles. The molecule has 3 nitrogen and oxygen atoms in total. The molecule has 0 radical (unpaired) electrons. The summed E-state index contributed by atoms with van der Waals surface area (Å²) in [5, 5.41) is 7.91. The van der Waals surface area contributed by atoms with E-state index in [4.69, 9.17) is 6.42 Å². The molecule has 1 N–H and O–H groups in total. The maximum absolute atomic E-state index is 5.26. The highest BCUT2D eigenvalue weighted by Crippen LogP contribution is 2.58. The van der Waals surface area contributed by atoms with Crippen molar-refractivity contribution < 1.29 is 0 Å². The van der Waals surface area contributed by atoms with E-state index in [1.165, 1.54) is 37.7 Å². The lowest BCUT2D eigenvalue weighted by molar-refractivity contribution is -0.0336. The normalized spacial score (nSPS) is 38.0. The molecule has 106 valence electrons. The average Bonchev–Trinajstić information content (AvgIpc) is 2.86. The second-order valence-corrected chi connectivity index (χ2v) is 7.06. The zero-order valence-corrected chi connectivity index (χ0v) is 12.0. The Hall–Kier alpha value is -1.27. The van der Waals surface area contributed by atoms with Crippen LogP contribution in [0.25, 0.3) is 0 Å². The van der Waals surface area contributed by atoms with E-state index in [2.05, 4.69) is 27.2 Å². The molecule has 0 aromatic carbocycles. The van der Waals surface area contributed by atoms with Crippen molar-refractivity contribution in [3.63, 3.8) is 0 Å². The van der Waals surface area contributed by atoms with Crippen molar-refractivity contribution in [3.8, 4) is 12.3 Å². The monoisotopic (exact) mass is 269 g/mol. The summed E-state index contributed by atoms with van der Waals surface area (Å²) in [4.78, 5) is 0. The fourth-order valence-corrected chi connectivity index (χ4v) is 5.24. The number of aromatic nitrogens is 2. The van der Waals surface area contributed by atoms with E-state index >= 15 is 0 Å². The van der Waals surface area contributed by atoms with Crippen LogP contribution in [0.3, 0.4) is 0 Å². The largest absolute Gasteiger partial charge is 0.302 e. The third-order valence-corrected chi connectivity index (χ3v) is 5.69. The Balaban J connectivity index is 1.49. The van der Waals surface area contributed by atoms with Gasteiger partial charge in [0.25, 0.3) is 0 Å². The van der Waals surface area contributed by atoms with Gasteiger partial charge >= 0.3 is 0 Å². The van der Waals surface area contributed by atoms with Crippen LogP contribution in [0.4, 0.5) is 0 Å². The van der Waals surface area contributed by atoms with Gasteiger partial charge < -0.3 is 5.32 Å². The van der Waals surface area contributed by atoms with Gasteiger partial charge in [0.1, 0.15) is 0 Å². The molecule has 4 bridgehead atoms. The van der Waals surface area contributed by atoms with Gasteiger partial charge in [0.05, 0.1) is 18.8 Å². The molecule has 0 spiro atoms. The van der Waals surface area contributed by atoms with Crippen LogP contribution in [0, 0.1) is 36.0 Å². The topological polar surface area (TPSA) is 29.9 Å². The first kappa shape index (κ1) is 12.5. The Morgan fingerprint density at radius 3 is 2.55 bits per heavy atom. The Bertz CT molecular complexity index is 497. The highest BCUT2D eigenvalue weighted by molar-refractivity contribution is 5.08. The van der Waals surface area contributed by atoms with E-state index < -0.39 is 0 Å². The number of terminal acetylenes is 1. The predicted molar refractivity (Wildman–Crippen MR) is 78.8 cm³/mol. The number of rotatable bonds is 4. The number of nitrogens with one attached hydrogen (secondary N) is 1. The Morgan fingerprint density at radius 1 is 1.20 bits per heavy atom. The molecule has 0 unspecified atom stereocenters. The summed E-state index contributed by atoms with van der Waals surface area (Å²) in [6.45, 7) is 1.46. The third-order valence-electron chi connectivity index (χ3n) is 5.69. The van der Waals surface area contributed by atoms with E-state index in [0.717, 1.165) is 30.2 Å². The smallest absolute Gasteiger partial charge is 0.0576 e. The van der Waals surface area contributed by atoms with Crippen LogP contribution in [0.1, 0.15) is 43.7 Å². The van der Waals surface area contributed by atoms with Crippen LogP contribution in [0.2, 0.25) is 0 Å². The Morgan fingerprint density at radius 2 is 1.90 bits per heavy atom. The van der Waals surface area contributed by atoms with Crippen molar-refractivity contribution in [2.24, 2.45) is 23.7 Å². The molecule has 4 aliphatic carbocycles. The van der Waals surface area contributed by atoms with E-state index in [0.29, 0.717) is 12.6 Å². The molecule has 4 saturated carbocycles. The Labute approximate surface area is 121 Å². The first-order valence-corrected chi connectivity index (χ1v) is 8.00. The molecule has 3 heteroatoms. The minimum absolute atomic E-state index is 0.628. The summed E-state index contributed by atoms with van der Waals surface area (Å²) in [6, 6.07) is 0.671. The van der Waals surface area contributed by atoms with Gasteiger partial charge in [-0.3, -0.25) is 4.68 Å². The zero-order valence-electron chi connectivity index (χ0n) is 12.0. The highest BCUT2D eigenvalue weighted by atomic mass is 15.3. The van der Waals surface area contributed by atoms with Gasteiger partial charge in [-0.15, -0.1) is 6.42 Å². The molecule has 1 aromatic heterocycles. The first-order chi connectivity index (χ1) is 9.83. The van der Waals surface area contributed by atoms with Crippen LogP contribution >= 0.6 is 0 Å². The van der Waals surface area contributed by atoms with Crippen molar-refractivity contribution in [2.75, 3.05) is 6.54 Å². The molecule has 0 aliphatic heterocycles. The van der Waals surface area contributed by atoms with Crippen LogP contribution in [-0.4, -0.2) is 16.3 Å². The van der Waals surface area contributed by atoms with Crippen molar-refractivity contribution in [2.45, 2.75) is 44.7 Å². The van der Waals surface area contributed by atoms with Crippen molar-refractivity contribution in [3.05, 3.63) is 18.0 Å². The zero-order chi connectivity index (χ0) is 13.5. The maximum Gasteiger partial charge on any atom is 0.0576 e. The summed E-state index contributed by atoms with van der Waals surface area (Å²) in [7, 11) is 0. The van der Waals surface area contributed by atoms with Crippen molar-refractivity contribution in [1.82, 2.24) is 15.1 Å². The Kier molecular flexibility index (Phi) is 3.07. The molecular weight excluding hydrogens is 246 g/mol. The van der Waals surface area contributed by atoms with Gasteiger partial charge in [0.2, 0.25) is 0 Å². The third kappa shape index (κ3) is 2.07. The predicted octanol–water partition coefficient (Wildman–Crippen LogP) is 2.60. The molecular formula is C17H23N3. The van der Waals surface area contributed by atoms with Gasteiger partial charge in [-0.2, -0.15) is 5.10 Å². The minimum Gasteiger partial charge on any atom is -0.302 e. The quantitative estimate of drug-likeness (QED) is 0.672. The average molecular weight is 269 g/mol. The second-order valence-electron chi connectivity index (χ2n) is 7.06. The van der Waals surface area contributed by atoms with Gasteiger partial charge in [0, 0.05) is 18.3 Å². The standard InChI is InChI=1S/C17H23N3/c1-2-3-18-9-14-10-19-20(11-14)17-15-5-12-4-13(7-15)8-16(17)6-12/h1,10-13,15-18H,3-9H2. The molecule has 0 atom stereocenters. The number of hydrogen-bond acceptors (Lipinski definition) is 2. The minimum atomic E-state index is 0.628. The molecule has 4 aliphatic rings.